The molecule has 4 heteroatoms. The summed E-state index contributed by atoms with van der Waals surface area (Å²) in [6.45, 7) is 7.32. The molecule has 84 valence electrons. The highest BCUT2D eigenvalue weighted by Gasteiger charge is 2.42. The van der Waals surface area contributed by atoms with E-state index >= 15 is 0 Å². The van der Waals surface area contributed by atoms with E-state index in [2.05, 4.69) is 13.0 Å². The van der Waals surface area contributed by atoms with Crippen LogP contribution in [0.3, 0.4) is 0 Å². The third-order valence-electron chi connectivity index (χ3n) is 3.17. The molecule has 2 aliphatic heterocycles. The van der Waals surface area contributed by atoms with Gasteiger partial charge in [-0.3, -0.25) is 0 Å². The predicted molar refractivity (Wildman–Crippen MR) is 62.0 cm³/mol. The first-order valence-electron chi connectivity index (χ1n) is 5.61. The standard InChI is InChI=1S/C12H15BO3/c1-8-4-5-10-11-9(8)6-15-13(11)16-12(2,3)7-14-10/h4-5H,6-7H2,1-3H3. The van der Waals surface area contributed by atoms with Crippen molar-refractivity contribution in [2.24, 2.45) is 0 Å². The van der Waals surface area contributed by atoms with Crippen molar-refractivity contribution in [1.29, 1.82) is 0 Å². The van der Waals surface area contributed by atoms with Crippen molar-refractivity contribution < 1.29 is 14.0 Å². The van der Waals surface area contributed by atoms with Gasteiger partial charge in [-0.05, 0) is 38.0 Å². The van der Waals surface area contributed by atoms with E-state index in [-0.39, 0.29) is 12.7 Å². The lowest BCUT2D eigenvalue weighted by molar-refractivity contribution is 0.0352. The molecule has 16 heavy (non-hydrogen) atoms. The lowest BCUT2D eigenvalue weighted by atomic mass is 9.76. The van der Waals surface area contributed by atoms with Crippen LogP contribution < -0.4 is 10.2 Å². The van der Waals surface area contributed by atoms with Gasteiger partial charge in [0.05, 0.1) is 12.2 Å². The number of ether oxygens (including phenoxy) is 1. The Balaban J connectivity index is 2.12. The van der Waals surface area contributed by atoms with Crippen LogP contribution in [0, 0.1) is 6.92 Å². The van der Waals surface area contributed by atoms with Crippen LogP contribution in [0.4, 0.5) is 0 Å². The highest BCUT2D eigenvalue weighted by atomic mass is 16.6. The third kappa shape index (κ3) is 1.45. The Labute approximate surface area is 95.8 Å². The van der Waals surface area contributed by atoms with Gasteiger partial charge in [0.1, 0.15) is 12.4 Å². The van der Waals surface area contributed by atoms with Crippen LogP contribution in [-0.4, -0.2) is 19.3 Å². The normalized spacial score (nSPS) is 21.3. The van der Waals surface area contributed by atoms with E-state index in [4.69, 9.17) is 14.0 Å². The maximum Gasteiger partial charge on any atom is 0.498 e. The Kier molecular flexibility index (Phi) is 2.07. The molecule has 0 spiro atoms. The van der Waals surface area contributed by atoms with Crippen molar-refractivity contribution in [3.8, 4) is 5.75 Å². The van der Waals surface area contributed by atoms with Crippen molar-refractivity contribution in [2.75, 3.05) is 6.61 Å². The molecule has 0 saturated heterocycles. The minimum Gasteiger partial charge on any atom is -0.491 e. The fourth-order valence-electron chi connectivity index (χ4n) is 2.24. The summed E-state index contributed by atoms with van der Waals surface area (Å²) < 4.78 is 17.4. The van der Waals surface area contributed by atoms with E-state index in [1.165, 1.54) is 11.1 Å². The van der Waals surface area contributed by atoms with Crippen LogP contribution in [0.2, 0.25) is 0 Å². The molecule has 0 fully saturated rings. The molecular weight excluding hydrogens is 203 g/mol. The molecule has 0 amide bonds. The molecule has 0 aliphatic carbocycles. The average Bonchev–Trinajstić information content (AvgIpc) is 2.56. The third-order valence-corrected chi connectivity index (χ3v) is 3.17. The first kappa shape index (κ1) is 10.2. The summed E-state index contributed by atoms with van der Waals surface area (Å²) in [6.07, 6.45) is 0. The van der Waals surface area contributed by atoms with Crippen LogP contribution in [0.1, 0.15) is 25.0 Å². The molecule has 2 aliphatic rings. The fraction of sp³-hybridized carbons (Fsp3) is 0.500. The SMILES string of the molecule is Cc1ccc2c3c1COB3OC(C)(C)CO2. The fourth-order valence-corrected chi connectivity index (χ4v) is 2.24. The average molecular weight is 218 g/mol. The second kappa shape index (κ2) is 3.25. The van der Waals surface area contributed by atoms with Gasteiger partial charge in [-0.25, -0.2) is 0 Å². The number of rotatable bonds is 0. The Morgan fingerprint density at radius 2 is 2.12 bits per heavy atom. The van der Waals surface area contributed by atoms with Crippen molar-refractivity contribution in [3.05, 3.63) is 23.3 Å². The van der Waals surface area contributed by atoms with Crippen LogP contribution in [-0.2, 0) is 15.9 Å². The van der Waals surface area contributed by atoms with Gasteiger partial charge >= 0.3 is 7.12 Å². The van der Waals surface area contributed by atoms with Gasteiger partial charge in [-0.2, -0.15) is 0 Å². The van der Waals surface area contributed by atoms with Crippen molar-refractivity contribution >= 4 is 12.6 Å². The quantitative estimate of drug-likeness (QED) is 0.616. The summed E-state index contributed by atoms with van der Waals surface area (Å²) in [5.74, 6) is 0.911. The van der Waals surface area contributed by atoms with Crippen molar-refractivity contribution in [1.82, 2.24) is 0 Å². The van der Waals surface area contributed by atoms with E-state index < -0.39 is 0 Å². The molecule has 0 radical (unpaired) electrons. The summed E-state index contributed by atoms with van der Waals surface area (Å²) in [6, 6.07) is 4.10. The number of hydrogen-bond donors (Lipinski definition) is 0. The lowest BCUT2D eigenvalue weighted by Gasteiger charge is -2.24. The second-order valence-corrected chi connectivity index (χ2v) is 5.08. The highest BCUT2D eigenvalue weighted by Crippen LogP contribution is 2.28. The monoisotopic (exact) mass is 218 g/mol. The lowest BCUT2D eigenvalue weighted by Crippen LogP contribution is -2.40. The highest BCUT2D eigenvalue weighted by molar-refractivity contribution is 6.64. The molecule has 1 aromatic carbocycles. The summed E-state index contributed by atoms with van der Waals surface area (Å²) >= 11 is 0. The molecule has 1 aromatic rings. The number of hydrogen-bond acceptors (Lipinski definition) is 3. The molecule has 0 bridgehead atoms. The maximum atomic E-state index is 5.93. The zero-order valence-electron chi connectivity index (χ0n) is 9.87. The topological polar surface area (TPSA) is 27.7 Å². The minimum atomic E-state index is -0.306. The predicted octanol–water partition coefficient (Wildman–Crippen LogP) is 1.41. The summed E-state index contributed by atoms with van der Waals surface area (Å²) in [4.78, 5) is 0. The van der Waals surface area contributed by atoms with Crippen LogP contribution in [0.25, 0.3) is 0 Å². The van der Waals surface area contributed by atoms with Crippen molar-refractivity contribution in [2.45, 2.75) is 33.0 Å². The minimum absolute atomic E-state index is 0.262. The summed E-state index contributed by atoms with van der Waals surface area (Å²) in [5.41, 5.74) is 3.25. The zero-order valence-corrected chi connectivity index (χ0v) is 9.87. The smallest absolute Gasteiger partial charge is 0.491 e. The van der Waals surface area contributed by atoms with Gasteiger partial charge in [-0.1, -0.05) is 6.07 Å². The first-order chi connectivity index (χ1) is 7.57. The Morgan fingerprint density at radius 1 is 1.31 bits per heavy atom. The van der Waals surface area contributed by atoms with Crippen molar-refractivity contribution in [3.63, 3.8) is 0 Å². The molecule has 3 nitrogen and oxygen atoms in total. The van der Waals surface area contributed by atoms with E-state index in [9.17, 15) is 0 Å². The van der Waals surface area contributed by atoms with E-state index in [1.807, 2.05) is 19.9 Å². The molecule has 0 aromatic heterocycles. The van der Waals surface area contributed by atoms with E-state index in [1.54, 1.807) is 0 Å². The van der Waals surface area contributed by atoms with Gasteiger partial charge in [-0.15, -0.1) is 0 Å². The van der Waals surface area contributed by atoms with E-state index in [0.717, 1.165) is 11.2 Å². The zero-order chi connectivity index (χ0) is 11.3. The van der Waals surface area contributed by atoms with Gasteiger partial charge in [0.15, 0.2) is 0 Å². The Hall–Kier alpha value is -0.995. The summed E-state index contributed by atoms with van der Waals surface area (Å²) in [7, 11) is -0.262. The molecule has 0 saturated carbocycles. The second-order valence-electron chi connectivity index (χ2n) is 5.08. The Morgan fingerprint density at radius 3 is 2.94 bits per heavy atom. The van der Waals surface area contributed by atoms with Gasteiger partial charge in [0, 0.05) is 5.46 Å². The van der Waals surface area contributed by atoms with Crippen LogP contribution >= 0.6 is 0 Å². The molecule has 2 heterocycles. The molecule has 0 atom stereocenters. The summed E-state index contributed by atoms with van der Waals surface area (Å²) in [5, 5.41) is 0. The number of aryl methyl sites for hydroxylation is 1. The maximum absolute atomic E-state index is 5.93. The number of benzene rings is 1. The van der Waals surface area contributed by atoms with Crippen LogP contribution in [0.5, 0.6) is 5.75 Å². The Bertz CT molecular complexity index is 442. The molecular formula is C12H15BO3. The van der Waals surface area contributed by atoms with Crippen LogP contribution in [0.15, 0.2) is 12.1 Å². The van der Waals surface area contributed by atoms with Gasteiger partial charge < -0.3 is 14.0 Å². The molecule has 0 N–H and O–H groups in total. The largest absolute Gasteiger partial charge is 0.498 e. The van der Waals surface area contributed by atoms with E-state index in [0.29, 0.717) is 13.2 Å². The van der Waals surface area contributed by atoms with Gasteiger partial charge in [0.2, 0.25) is 0 Å². The molecule has 3 rings (SSSR count). The van der Waals surface area contributed by atoms with Gasteiger partial charge in [0.25, 0.3) is 0 Å². The first-order valence-corrected chi connectivity index (χ1v) is 5.61. The molecule has 0 unspecified atom stereocenters.